The van der Waals surface area contributed by atoms with Gasteiger partial charge in [0.15, 0.2) is 0 Å². The van der Waals surface area contributed by atoms with Crippen molar-refractivity contribution in [1.82, 2.24) is 0 Å². The maximum absolute atomic E-state index is 12.3. The van der Waals surface area contributed by atoms with Crippen molar-refractivity contribution in [2.24, 2.45) is 0 Å². The fraction of sp³-hybridized carbons (Fsp3) is 0. The molecule has 0 aliphatic rings. The highest BCUT2D eigenvalue weighted by atomic mass is 35.5. The maximum Gasteiger partial charge on any atom is 0.269 e. The first-order valence-corrected chi connectivity index (χ1v) is 7.51. The van der Waals surface area contributed by atoms with E-state index in [-0.39, 0.29) is 20.5 Å². The number of hydrogen-bond acceptors (Lipinski definition) is 4. The molecule has 0 fully saturated rings. The van der Waals surface area contributed by atoms with Gasteiger partial charge in [-0.25, -0.2) is 8.42 Å². The summed E-state index contributed by atoms with van der Waals surface area (Å²) < 4.78 is 24.7. The minimum atomic E-state index is -3.84. The monoisotopic (exact) mass is 331 g/mol. The SMILES string of the molecule is O=[N+]([O-])c1ccc(S(=O)(=O)c2ccc(Cl)cc2Cl)cc1. The molecular weight excluding hydrogens is 325 g/mol. The van der Waals surface area contributed by atoms with Crippen LogP contribution < -0.4 is 0 Å². The van der Waals surface area contributed by atoms with Crippen molar-refractivity contribution in [3.63, 3.8) is 0 Å². The van der Waals surface area contributed by atoms with E-state index >= 15 is 0 Å². The van der Waals surface area contributed by atoms with Gasteiger partial charge >= 0.3 is 0 Å². The smallest absolute Gasteiger partial charge is 0.258 e. The summed E-state index contributed by atoms with van der Waals surface area (Å²) in [5.74, 6) is 0. The zero-order valence-electron chi connectivity index (χ0n) is 9.79. The van der Waals surface area contributed by atoms with E-state index in [1.807, 2.05) is 0 Å². The number of benzene rings is 2. The molecule has 0 aliphatic carbocycles. The number of nitro benzene ring substituents is 1. The molecule has 0 bridgehead atoms. The highest BCUT2D eigenvalue weighted by molar-refractivity contribution is 7.91. The van der Waals surface area contributed by atoms with Crippen molar-refractivity contribution in [2.45, 2.75) is 9.79 Å². The summed E-state index contributed by atoms with van der Waals surface area (Å²) in [6.07, 6.45) is 0. The molecular formula is C12H7Cl2NO4S. The lowest BCUT2D eigenvalue weighted by Crippen LogP contribution is -2.03. The Kier molecular flexibility index (Phi) is 3.99. The van der Waals surface area contributed by atoms with E-state index in [0.29, 0.717) is 5.02 Å². The van der Waals surface area contributed by atoms with Crippen LogP contribution in [0.4, 0.5) is 5.69 Å². The van der Waals surface area contributed by atoms with Gasteiger partial charge in [-0.2, -0.15) is 0 Å². The largest absolute Gasteiger partial charge is 0.269 e. The first-order valence-electron chi connectivity index (χ1n) is 5.27. The molecule has 0 saturated heterocycles. The molecule has 0 atom stereocenters. The Hall–Kier alpha value is -1.63. The lowest BCUT2D eigenvalue weighted by atomic mass is 10.3. The highest BCUT2D eigenvalue weighted by Crippen LogP contribution is 2.30. The van der Waals surface area contributed by atoms with Gasteiger partial charge in [0.2, 0.25) is 9.84 Å². The molecule has 2 aromatic rings. The third-order valence-electron chi connectivity index (χ3n) is 2.54. The van der Waals surface area contributed by atoms with Gasteiger partial charge in [-0.05, 0) is 30.3 Å². The number of rotatable bonds is 3. The summed E-state index contributed by atoms with van der Waals surface area (Å²) in [5.41, 5.74) is -0.189. The fourth-order valence-electron chi connectivity index (χ4n) is 1.57. The Balaban J connectivity index is 2.52. The quantitative estimate of drug-likeness (QED) is 0.634. The molecule has 0 aromatic heterocycles. The summed E-state index contributed by atoms with van der Waals surface area (Å²) in [6, 6.07) is 8.60. The zero-order valence-corrected chi connectivity index (χ0v) is 12.1. The van der Waals surface area contributed by atoms with Gasteiger partial charge in [0.1, 0.15) is 0 Å². The zero-order chi connectivity index (χ0) is 14.9. The van der Waals surface area contributed by atoms with Crippen LogP contribution in [0.3, 0.4) is 0 Å². The van der Waals surface area contributed by atoms with E-state index in [1.54, 1.807) is 0 Å². The van der Waals surface area contributed by atoms with E-state index in [0.717, 1.165) is 12.1 Å². The second-order valence-corrected chi connectivity index (χ2v) is 6.59. The molecule has 2 aromatic carbocycles. The molecule has 2 rings (SSSR count). The molecule has 0 spiro atoms. The minimum absolute atomic E-state index is 0.00384. The number of nitro groups is 1. The van der Waals surface area contributed by atoms with Gasteiger partial charge in [-0.1, -0.05) is 23.2 Å². The van der Waals surface area contributed by atoms with Crippen LogP contribution in [-0.2, 0) is 9.84 Å². The van der Waals surface area contributed by atoms with E-state index in [9.17, 15) is 18.5 Å². The summed E-state index contributed by atoms with van der Waals surface area (Å²) in [4.78, 5) is 9.76. The van der Waals surface area contributed by atoms with Crippen molar-refractivity contribution >= 4 is 38.7 Å². The minimum Gasteiger partial charge on any atom is -0.258 e. The van der Waals surface area contributed by atoms with Crippen LogP contribution >= 0.6 is 23.2 Å². The average Bonchev–Trinajstić information content (AvgIpc) is 2.38. The lowest BCUT2D eigenvalue weighted by Gasteiger charge is -2.06. The Labute approximate surface area is 124 Å². The number of hydrogen-bond donors (Lipinski definition) is 0. The van der Waals surface area contributed by atoms with E-state index in [1.165, 1.54) is 30.3 Å². The van der Waals surface area contributed by atoms with Gasteiger partial charge in [-0.15, -0.1) is 0 Å². The maximum atomic E-state index is 12.3. The van der Waals surface area contributed by atoms with Gasteiger partial charge in [0.25, 0.3) is 5.69 Å². The first kappa shape index (κ1) is 14.8. The van der Waals surface area contributed by atoms with Gasteiger partial charge in [0, 0.05) is 17.2 Å². The molecule has 104 valence electrons. The van der Waals surface area contributed by atoms with Crippen molar-refractivity contribution < 1.29 is 13.3 Å². The topological polar surface area (TPSA) is 77.3 Å². The summed E-state index contributed by atoms with van der Waals surface area (Å²) >= 11 is 11.6. The van der Waals surface area contributed by atoms with Crippen LogP contribution in [0.5, 0.6) is 0 Å². The van der Waals surface area contributed by atoms with Crippen LogP contribution in [0.2, 0.25) is 10.0 Å². The number of nitrogens with zero attached hydrogens (tertiary/aromatic N) is 1. The van der Waals surface area contributed by atoms with Crippen molar-refractivity contribution in [1.29, 1.82) is 0 Å². The predicted octanol–water partition coefficient (Wildman–Crippen LogP) is 3.73. The molecule has 0 N–H and O–H groups in total. The Morgan fingerprint density at radius 2 is 1.60 bits per heavy atom. The normalized spacial score (nSPS) is 11.3. The summed E-state index contributed by atoms with van der Waals surface area (Å²) in [7, 11) is -3.84. The molecule has 0 radical (unpaired) electrons. The molecule has 0 amide bonds. The fourth-order valence-corrected chi connectivity index (χ4v) is 3.59. The molecule has 0 aliphatic heterocycles. The lowest BCUT2D eigenvalue weighted by molar-refractivity contribution is -0.384. The van der Waals surface area contributed by atoms with E-state index < -0.39 is 14.8 Å². The second kappa shape index (κ2) is 5.40. The number of non-ortho nitro benzene ring substituents is 1. The Bertz CT molecular complexity index is 773. The third kappa shape index (κ3) is 2.77. The Morgan fingerprint density at radius 3 is 2.10 bits per heavy atom. The van der Waals surface area contributed by atoms with Crippen molar-refractivity contribution in [3.8, 4) is 0 Å². The van der Waals surface area contributed by atoms with E-state index in [2.05, 4.69) is 0 Å². The highest BCUT2D eigenvalue weighted by Gasteiger charge is 2.21. The molecule has 0 saturated carbocycles. The van der Waals surface area contributed by atoms with Crippen LogP contribution in [0.15, 0.2) is 52.3 Å². The second-order valence-electron chi connectivity index (χ2n) is 3.83. The number of halogens is 2. The predicted molar refractivity (Wildman–Crippen MR) is 75.0 cm³/mol. The average molecular weight is 332 g/mol. The van der Waals surface area contributed by atoms with Crippen LogP contribution in [-0.4, -0.2) is 13.3 Å². The number of sulfone groups is 1. The third-order valence-corrected chi connectivity index (χ3v) is 5.03. The molecule has 20 heavy (non-hydrogen) atoms. The first-order chi connectivity index (χ1) is 9.32. The summed E-state index contributed by atoms with van der Waals surface area (Å²) in [5, 5.41) is 10.9. The molecule has 5 nitrogen and oxygen atoms in total. The van der Waals surface area contributed by atoms with Gasteiger partial charge in [-0.3, -0.25) is 10.1 Å². The molecule has 0 heterocycles. The van der Waals surface area contributed by atoms with Crippen LogP contribution in [0, 0.1) is 10.1 Å². The molecule has 0 unspecified atom stereocenters. The van der Waals surface area contributed by atoms with Gasteiger partial charge < -0.3 is 0 Å². The Morgan fingerprint density at radius 1 is 1.00 bits per heavy atom. The standard InChI is InChI=1S/C12H7Cl2NO4S/c13-8-1-6-12(11(14)7-8)20(18,19)10-4-2-9(3-5-10)15(16)17/h1-7H. The summed E-state index contributed by atoms with van der Waals surface area (Å²) in [6.45, 7) is 0. The van der Waals surface area contributed by atoms with Crippen molar-refractivity contribution in [2.75, 3.05) is 0 Å². The van der Waals surface area contributed by atoms with Gasteiger partial charge in [0.05, 0.1) is 19.7 Å². The van der Waals surface area contributed by atoms with Crippen LogP contribution in [0.25, 0.3) is 0 Å². The van der Waals surface area contributed by atoms with Crippen LogP contribution in [0.1, 0.15) is 0 Å². The van der Waals surface area contributed by atoms with E-state index in [4.69, 9.17) is 23.2 Å². The molecule has 8 heteroatoms. The van der Waals surface area contributed by atoms with Crippen molar-refractivity contribution in [3.05, 3.63) is 62.6 Å².